The number of imidazole rings is 1. The van der Waals surface area contributed by atoms with Crippen LogP contribution in [0.25, 0.3) is 16.9 Å². The number of carbonyl (C=O) groups excluding carboxylic acids is 1. The van der Waals surface area contributed by atoms with Gasteiger partial charge < -0.3 is 15.6 Å². The molecule has 0 radical (unpaired) electrons. The predicted molar refractivity (Wildman–Crippen MR) is 108 cm³/mol. The average Bonchev–Trinajstić information content (AvgIpc) is 3.25. The highest BCUT2D eigenvalue weighted by Crippen LogP contribution is 2.23. The van der Waals surface area contributed by atoms with E-state index < -0.39 is 5.91 Å². The Labute approximate surface area is 161 Å². The molecule has 7 nitrogen and oxygen atoms in total. The van der Waals surface area contributed by atoms with E-state index in [4.69, 9.17) is 5.73 Å². The summed E-state index contributed by atoms with van der Waals surface area (Å²) in [4.78, 5) is 24.4. The molecule has 0 spiro atoms. The standard InChI is InChI=1S/C21H18N6O/c1-14-2-3-16(20(22)28)12-19(14)26-21-24-9-8-18(25-21)15-4-6-17(7-5-15)27-11-10-23-13-27/h2-13H,1H3,(H2,22,28)(H,24,25,26). The van der Waals surface area contributed by atoms with Crippen LogP contribution in [0.4, 0.5) is 11.6 Å². The first-order valence-corrected chi connectivity index (χ1v) is 8.69. The lowest BCUT2D eigenvalue weighted by Gasteiger charge is -2.10. The normalized spacial score (nSPS) is 10.6. The average molecular weight is 370 g/mol. The number of rotatable bonds is 5. The van der Waals surface area contributed by atoms with Gasteiger partial charge in [0, 0.05) is 41.1 Å². The van der Waals surface area contributed by atoms with Crippen molar-refractivity contribution >= 4 is 17.5 Å². The van der Waals surface area contributed by atoms with Crippen molar-refractivity contribution in [2.75, 3.05) is 5.32 Å². The number of amides is 1. The van der Waals surface area contributed by atoms with Gasteiger partial charge in [0.2, 0.25) is 11.9 Å². The number of primary amides is 1. The quantitative estimate of drug-likeness (QED) is 0.560. The van der Waals surface area contributed by atoms with Gasteiger partial charge in [-0.15, -0.1) is 0 Å². The summed E-state index contributed by atoms with van der Waals surface area (Å²) >= 11 is 0. The van der Waals surface area contributed by atoms with Gasteiger partial charge >= 0.3 is 0 Å². The van der Waals surface area contributed by atoms with Crippen LogP contribution in [0.15, 0.2) is 73.4 Å². The molecule has 4 rings (SSSR count). The molecule has 138 valence electrons. The second-order valence-electron chi connectivity index (χ2n) is 6.30. The van der Waals surface area contributed by atoms with Crippen LogP contribution >= 0.6 is 0 Å². The summed E-state index contributed by atoms with van der Waals surface area (Å²) < 4.78 is 1.94. The molecule has 2 heterocycles. The molecular weight excluding hydrogens is 352 g/mol. The number of nitrogens with zero attached hydrogens (tertiary/aromatic N) is 4. The van der Waals surface area contributed by atoms with Gasteiger partial charge in [-0.3, -0.25) is 4.79 Å². The molecule has 0 bridgehead atoms. The molecule has 2 aromatic carbocycles. The molecule has 28 heavy (non-hydrogen) atoms. The van der Waals surface area contributed by atoms with E-state index in [1.165, 1.54) is 0 Å². The number of carbonyl (C=O) groups is 1. The Morgan fingerprint density at radius 3 is 2.61 bits per heavy atom. The van der Waals surface area contributed by atoms with Crippen molar-refractivity contribution in [2.45, 2.75) is 6.92 Å². The van der Waals surface area contributed by atoms with Crippen LogP contribution in [0.1, 0.15) is 15.9 Å². The van der Waals surface area contributed by atoms with Gasteiger partial charge in [0.15, 0.2) is 0 Å². The van der Waals surface area contributed by atoms with Crippen LogP contribution in [-0.4, -0.2) is 25.4 Å². The molecule has 2 aromatic heterocycles. The fourth-order valence-corrected chi connectivity index (χ4v) is 2.83. The Morgan fingerprint density at radius 2 is 1.89 bits per heavy atom. The lowest BCUT2D eigenvalue weighted by molar-refractivity contribution is 0.100. The monoisotopic (exact) mass is 370 g/mol. The van der Waals surface area contributed by atoms with Crippen LogP contribution in [0, 0.1) is 6.92 Å². The topological polar surface area (TPSA) is 98.7 Å². The minimum atomic E-state index is -0.476. The van der Waals surface area contributed by atoms with Crippen LogP contribution in [0.3, 0.4) is 0 Å². The molecule has 7 heteroatoms. The Bertz CT molecular complexity index is 1120. The molecule has 0 aliphatic carbocycles. The van der Waals surface area contributed by atoms with Crippen LogP contribution < -0.4 is 11.1 Å². The van der Waals surface area contributed by atoms with Gasteiger partial charge in [0.05, 0.1) is 12.0 Å². The first kappa shape index (κ1) is 17.4. The SMILES string of the molecule is Cc1ccc(C(N)=O)cc1Nc1nccc(-c2ccc(-n3ccnc3)cc2)n1. The summed E-state index contributed by atoms with van der Waals surface area (Å²) in [5, 5.41) is 3.17. The molecule has 3 N–H and O–H groups in total. The number of anilines is 2. The van der Waals surface area contributed by atoms with E-state index in [-0.39, 0.29) is 0 Å². The highest BCUT2D eigenvalue weighted by atomic mass is 16.1. The highest BCUT2D eigenvalue weighted by Gasteiger charge is 2.08. The number of aromatic nitrogens is 4. The number of hydrogen-bond acceptors (Lipinski definition) is 5. The summed E-state index contributed by atoms with van der Waals surface area (Å²) in [6, 6.07) is 15.1. The molecule has 0 fully saturated rings. The molecule has 4 aromatic rings. The summed E-state index contributed by atoms with van der Waals surface area (Å²) in [6.07, 6.45) is 7.09. The molecule has 0 saturated carbocycles. The van der Waals surface area contributed by atoms with Crippen molar-refractivity contribution in [1.82, 2.24) is 19.5 Å². The second kappa shape index (κ2) is 7.32. The molecule has 0 atom stereocenters. The van der Waals surface area contributed by atoms with Crippen molar-refractivity contribution in [2.24, 2.45) is 5.73 Å². The third kappa shape index (κ3) is 3.59. The minimum absolute atomic E-state index is 0.430. The zero-order valence-electron chi connectivity index (χ0n) is 15.2. The first-order valence-electron chi connectivity index (χ1n) is 8.69. The molecule has 0 unspecified atom stereocenters. The maximum Gasteiger partial charge on any atom is 0.248 e. The third-order valence-corrected chi connectivity index (χ3v) is 4.39. The van der Waals surface area contributed by atoms with Crippen molar-refractivity contribution in [3.8, 4) is 16.9 Å². The van der Waals surface area contributed by atoms with E-state index in [1.807, 2.05) is 54.1 Å². The van der Waals surface area contributed by atoms with Crippen molar-refractivity contribution in [3.05, 3.63) is 84.6 Å². The molecule has 0 saturated heterocycles. The highest BCUT2D eigenvalue weighted by molar-refractivity contribution is 5.94. The van der Waals surface area contributed by atoms with E-state index in [0.29, 0.717) is 11.5 Å². The summed E-state index contributed by atoms with van der Waals surface area (Å²) in [5.41, 5.74) is 10.3. The number of aryl methyl sites for hydroxylation is 1. The smallest absolute Gasteiger partial charge is 0.248 e. The van der Waals surface area contributed by atoms with E-state index in [0.717, 1.165) is 28.2 Å². The van der Waals surface area contributed by atoms with Crippen LogP contribution in [-0.2, 0) is 0 Å². The molecule has 0 aliphatic rings. The predicted octanol–water partition coefficient (Wildman–Crippen LogP) is 3.48. The van der Waals surface area contributed by atoms with Crippen molar-refractivity contribution < 1.29 is 4.79 Å². The van der Waals surface area contributed by atoms with E-state index in [2.05, 4.69) is 20.3 Å². The van der Waals surface area contributed by atoms with Gasteiger partial charge in [0.1, 0.15) is 0 Å². The Morgan fingerprint density at radius 1 is 1.07 bits per heavy atom. The maximum absolute atomic E-state index is 11.4. The minimum Gasteiger partial charge on any atom is -0.366 e. The number of hydrogen-bond donors (Lipinski definition) is 2. The van der Waals surface area contributed by atoms with E-state index >= 15 is 0 Å². The van der Waals surface area contributed by atoms with Crippen molar-refractivity contribution in [1.29, 1.82) is 0 Å². The van der Waals surface area contributed by atoms with Crippen LogP contribution in [0.5, 0.6) is 0 Å². The number of nitrogens with two attached hydrogens (primary N) is 1. The Balaban J connectivity index is 1.60. The Kier molecular flexibility index (Phi) is 4.55. The van der Waals surface area contributed by atoms with Crippen molar-refractivity contribution in [3.63, 3.8) is 0 Å². The lowest BCUT2D eigenvalue weighted by Crippen LogP contribution is -2.11. The Hall–Kier alpha value is -4.00. The summed E-state index contributed by atoms with van der Waals surface area (Å²) in [7, 11) is 0. The van der Waals surface area contributed by atoms with Gasteiger partial charge in [-0.05, 0) is 42.8 Å². The van der Waals surface area contributed by atoms with E-state index in [1.54, 1.807) is 30.9 Å². The van der Waals surface area contributed by atoms with Gasteiger partial charge in [-0.25, -0.2) is 15.0 Å². The van der Waals surface area contributed by atoms with E-state index in [9.17, 15) is 4.79 Å². The molecular formula is C21H18N6O. The largest absolute Gasteiger partial charge is 0.366 e. The summed E-state index contributed by atoms with van der Waals surface area (Å²) in [5.74, 6) is -0.0309. The third-order valence-electron chi connectivity index (χ3n) is 4.39. The fraction of sp³-hybridized carbons (Fsp3) is 0.0476. The number of nitrogens with one attached hydrogen (secondary N) is 1. The molecule has 0 aliphatic heterocycles. The lowest BCUT2D eigenvalue weighted by atomic mass is 10.1. The molecule has 1 amide bonds. The zero-order valence-corrected chi connectivity index (χ0v) is 15.2. The van der Waals surface area contributed by atoms with Crippen LogP contribution in [0.2, 0.25) is 0 Å². The zero-order chi connectivity index (χ0) is 19.5. The fourth-order valence-electron chi connectivity index (χ4n) is 2.83. The first-order chi connectivity index (χ1) is 13.6. The van der Waals surface area contributed by atoms with Gasteiger partial charge in [-0.1, -0.05) is 18.2 Å². The van der Waals surface area contributed by atoms with Gasteiger partial charge in [-0.2, -0.15) is 0 Å². The van der Waals surface area contributed by atoms with Gasteiger partial charge in [0.25, 0.3) is 0 Å². The number of benzene rings is 2. The second-order valence-corrected chi connectivity index (χ2v) is 6.30. The maximum atomic E-state index is 11.4. The summed E-state index contributed by atoms with van der Waals surface area (Å²) in [6.45, 7) is 1.94.